The number of aromatic amines is 1. The van der Waals surface area contributed by atoms with Gasteiger partial charge in [-0.05, 0) is 52.4 Å². The molecule has 2 aliphatic rings. The van der Waals surface area contributed by atoms with Crippen molar-refractivity contribution in [1.29, 1.82) is 0 Å². The molecule has 128 valence electrons. The Morgan fingerprint density at radius 2 is 1.96 bits per heavy atom. The highest BCUT2D eigenvalue weighted by molar-refractivity contribution is 7.11. The Morgan fingerprint density at radius 3 is 2.67 bits per heavy atom. The number of carbonyl (C=O) groups is 1. The van der Waals surface area contributed by atoms with E-state index in [1.165, 1.54) is 27.6 Å². The Morgan fingerprint density at radius 1 is 1.21 bits per heavy atom. The minimum absolute atomic E-state index is 0.111. The van der Waals surface area contributed by atoms with Crippen LogP contribution < -0.4 is 0 Å². The number of hydrogen-bond acceptors (Lipinski definition) is 4. The highest BCUT2D eigenvalue weighted by Gasteiger charge is 2.30. The van der Waals surface area contributed by atoms with Crippen molar-refractivity contribution < 1.29 is 4.79 Å². The van der Waals surface area contributed by atoms with E-state index in [-0.39, 0.29) is 5.91 Å². The number of piperidine rings is 1. The zero-order valence-electron chi connectivity index (χ0n) is 14.4. The standard InChI is InChI=1S/C18H24N4OS/c1-11-12(2)24-17(19-11)13-7-9-22(10-8-13)18(23)16-14-5-3-4-6-15(14)20-21-16/h13H,3-10H2,1-2H3,(H,20,21). The van der Waals surface area contributed by atoms with Crippen LogP contribution in [-0.2, 0) is 12.8 Å². The van der Waals surface area contributed by atoms with Gasteiger partial charge in [0.15, 0.2) is 5.69 Å². The molecule has 1 N–H and O–H groups in total. The zero-order valence-corrected chi connectivity index (χ0v) is 15.2. The summed E-state index contributed by atoms with van der Waals surface area (Å²) in [6, 6.07) is 0. The quantitative estimate of drug-likeness (QED) is 0.908. The Balaban J connectivity index is 1.44. The molecule has 4 rings (SSSR count). The third-order valence-corrected chi connectivity index (χ3v) is 6.67. The number of aromatic nitrogens is 3. The molecule has 24 heavy (non-hydrogen) atoms. The van der Waals surface area contributed by atoms with E-state index in [0.717, 1.165) is 50.9 Å². The second-order valence-electron chi connectivity index (χ2n) is 7.00. The zero-order chi connectivity index (χ0) is 16.7. The van der Waals surface area contributed by atoms with Crippen molar-refractivity contribution >= 4 is 17.2 Å². The van der Waals surface area contributed by atoms with E-state index < -0.39 is 0 Å². The van der Waals surface area contributed by atoms with E-state index in [9.17, 15) is 4.79 Å². The molecule has 6 heteroatoms. The van der Waals surface area contributed by atoms with Crippen molar-refractivity contribution in [1.82, 2.24) is 20.1 Å². The normalized spacial score (nSPS) is 18.7. The Bertz CT molecular complexity index is 736. The van der Waals surface area contributed by atoms with Crippen LogP contribution in [0, 0.1) is 13.8 Å². The molecular weight excluding hydrogens is 320 g/mol. The lowest BCUT2D eigenvalue weighted by molar-refractivity contribution is 0.0705. The van der Waals surface area contributed by atoms with Gasteiger partial charge in [0, 0.05) is 35.1 Å². The summed E-state index contributed by atoms with van der Waals surface area (Å²) in [5.74, 6) is 0.610. The van der Waals surface area contributed by atoms with Gasteiger partial charge in [0.2, 0.25) is 0 Å². The molecular formula is C18H24N4OS. The monoisotopic (exact) mass is 344 g/mol. The van der Waals surface area contributed by atoms with Gasteiger partial charge in [-0.1, -0.05) is 0 Å². The molecule has 1 aliphatic carbocycles. The van der Waals surface area contributed by atoms with Crippen molar-refractivity contribution in [2.75, 3.05) is 13.1 Å². The molecule has 0 radical (unpaired) electrons. The van der Waals surface area contributed by atoms with E-state index in [2.05, 4.69) is 24.0 Å². The number of hydrogen-bond donors (Lipinski definition) is 1. The summed E-state index contributed by atoms with van der Waals surface area (Å²) in [6.45, 7) is 5.83. The number of rotatable bonds is 2. The van der Waals surface area contributed by atoms with Crippen molar-refractivity contribution in [2.45, 2.75) is 58.3 Å². The van der Waals surface area contributed by atoms with Crippen molar-refractivity contribution in [3.8, 4) is 0 Å². The largest absolute Gasteiger partial charge is 0.337 e. The van der Waals surface area contributed by atoms with E-state index in [0.29, 0.717) is 11.6 Å². The SMILES string of the molecule is Cc1nc(C2CCN(C(=O)c3n[nH]c4c3CCCC4)CC2)sc1C. The predicted molar refractivity (Wildman–Crippen MR) is 94.7 cm³/mol. The van der Waals surface area contributed by atoms with Gasteiger partial charge in [0.05, 0.1) is 10.7 Å². The second-order valence-corrected chi connectivity index (χ2v) is 8.23. The van der Waals surface area contributed by atoms with Gasteiger partial charge in [-0.25, -0.2) is 4.98 Å². The van der Waals surface area contributed by atoms with Gasteiger partial charge in [-0.15, -0.1) is 11.3 Å². The molecule has 2 aromatic rings. The van der Waals surface area contributed by atoms with Gasteiger partial charge in [-0.3, -0.25) is 9.89 Å². The topological polar surface area (TPSA) is 61.9 Å². The number of likely N-dealkylation sites (tertiary alicyclic amines) is 1. The van der Waals surface area contributed by atoms with Crippen molar-refractivity contribution in [3.63, 3.8) is 0 Å². The molecule has 1 aliphatic heterocycles. The molecule has 2 aromatic heterocycles. The Kier molecular flexibility index (Phi) is 4.16. The maximum Gasteiger partial charge on any atom is 0.274 e. The number of nitrogens with zero attached hydrogens (tertiary/aromatic N) is 3. The molecule has 0 unspecified atom stereocenters. The lowest BCUT2D eigenvalue weighted by atomic mass is 9.94. The lowest BCUT2D eigenvalue weighted by Gasteiger charge is -2.31. The molecule has 0 aromatic carbocycles. The van der Waals surface area contributed by atoms with Gasteiger partial charge in [0.25, 0.3) is 5.91 Å². The van der Waals surface area contributed by atoms with E-state index in [4.69, 9.17) is 4.98 Å². The maximum absolute atomic E-state index is 12.9. The van der Waals surface area contributed by atoms with E-state index in [1.54, 1.807) is 0 Å². The molecule has 0 saturated carbocycles. The first-order chi connectivity index (χ1) is 11.6. The van der Waals surface area contributed by atoms with Crippen LogP contribution in [0.15, 0.2) is 0 Å². The van der Waals surface area contributed by atoms with Gasteiger partial charge in [0.1, 0.15) is 0 Å². The molecule has 1 amide bonds. The number of nitrogens with one attached hydrogen (secondary N) is 1. The van der Waals surface area contributed by atoms with Crippen LogP contribution in [0.3, 0.4) is 0 Å². The van der Waals surface area contributed by atoms with Crippen LogP contribution in [0.5, 0.6) is 0 Å². The summed E-state index contributed by atoms with van der Waals surface area (Å²) in [6.07, 6.45) is 6.38. The summed E-state index contributed by atoms with van der Waals surface area (Å²) in [7, 11) is 0. The predicted octanol–water partition coefficient (Wildman–Crippen LogP) is 3.38. The van der Waals surface area contributed by atoms with E-state index >= 15 is 0 Å². The van der Waals surface area contributed by atoms with Crippen LogP contribution >= 0.6 is 11.3 Å². The Labute approximate surface area is 146 Å². The fourth-order valence-corrected chi connectivity index (χ4v) is 4.90. The van der Waals surface area contributed by atoms with Gasteiger partial charge >= 0.3 is 0 Å². The number of amides is 1. The number of aryl methyl sites for hydroxylation is 3. The summed E-state index contributed by atoms with van der Waals surface area (Å²) < 4.78 is 0. The summed E-state index contributed by atoms with van der Waals surface area (Å²) >= 11 is 1.81. The Hall–Kier alpha value is -1.69. The minimum Gasteiger partial charge on any atom is -0.337 e. The van der Waals surface area contributed by atoms with Crippen molar-refractivity contribution in [2.24, 2.45) is 0 Å². The number of fused-ring (bicyclic) bond motifs is 1. The fraction of sp³-hybridized carbons (Fsp3) is 0.611. The van der Waals surface area contributed by atoms with E-state index in [1.807, 2.05) is 16.2 Å². The molecule has 1 saturated heterocycles. The molecule has 3 heterocycles. The average molecular weight is 344 g/mol. The van der Waals surface area contributed by atoms with Crippen LogP contribution in [0.2, 0.25) is 0 Å². The van der Waals surface area contributed by atoms with Crippen LogP contribution in [0.1, 0.15) is 68.9 Å². The molecule has 5 nitrogen and oxygen atoms in total. The smallest absolute Gasteiger partial charge is 0.274 e. The minimum atomic E-state index is 0.111. The summed E-state index contributed by atoms with van der Waals surface area (Å²) in [4.78, 5) is 20.9. The van der Waals surface area contributed by atoms with Gasteiger partial charge in [-0.2, -0.15) is 5.10 Å². The number of carbonyl (C=O) groups excluding carboxylic acids is 1. The van der Waals surface area contributed by atoms with Crippen molar-refractivity contribution in [3.05, 3.63) is 32.5 Å². The third kappa shape index (κ3) is 2.77. The molecule has 0 bridgehead atoms. The fourth-order valence-electron chi connectivity index (χ4n) is 3.81. The third-order valence-electron chi connectivity index (χ3n) is 5.44. The van der Waals surface area contributed by atoms with Crippen LogP contribution in [0.25, 0.3) is 0 Å². The molecule has 0 spiro atoms. The maximum atomic E-state index is 12.9. The second kappa shape index (κ2) is 6.31. The summed E-state index contributed by atoms with van der Waals surface area (Å²) in [5.41, 5.74) is 4.16. The first-order valence-corrected chi connectivity index (χ1v) is 9.74. The number of H-pyrrole nitrogens is 1. The highest BCUT2D eigenvalue weighted by Crippen LogP contribution is 2.33. The van der Waals surface area contributed by atoms with Crippen LogP contribution in [0.4, 0.5) is 0 Å². The molecule has 0 atom stereocenters. The first kappa shape index (κ1) is 15.8. The van der Waals surface area contributed by atoms with Crippen LogP contribution in [-0.4, -0.2) is 39.1 Å². The first-order valence-electron chi connectivity index (χ1n) is 8.93. The molecule has 1 fully saturated rings. The van der Waals surface area contributed by atoms with Gasteiger partial charge < -0.3 is 4.90 Å². The summed E-state index contributed by atoms with van der Waals surface area (Å²) in [5, 5.41) is 8.67. The average Bonchev–Trinajstić information content (AvgIpc) is 3.18. The lowest BCUT2D eigenvalue weighted by Crippen LogP contribution is -2.38. The number of thiazole rings is 1. The highest BCUT2D eigenvalue weighted by atomic mass is 32.1.